The van der Waals surface area contributed by atoms with E-state index in [4.69, 9.17) is 10.5 Å². The van der Waals surface area contributed by atoms with Gasteiger partial charge in [-0.15, -0.1) is 0 Å². The van der Waals surface area contributed by atoms with Gasteiger partial charge in [-0.25, -0.2) is 0 Å². The average Bonchev–Trinajstić information content (AvgIpc) is 2.30. The number of nitrogen functional groups attached to an aromatic ring is 1. The van der Waals surface area contributed by atoms with E-state index in [1.165, 1.54) is 5.56 Å². The summed E-state index contributed by atoms with van der Waals surface area (Å²) in [4.78, 5) is 2.47. The van der Waals surface area contributed by atoms with Gasteiger partial charge in [0.25, 0.3) is 0 Å². The maximum absolute atomic E-state index is 5.73. The summed E-state index contributed by atoms with van der Waals surface area (Å²) >= 11 is 0. The Kier molecular flexibility index (Phi) is 3.69. The molecular formula is C14H22N2O. The number of rotatable bonds is 3. The number of hydrogen-bond donors (Lipinski definition) is 1. The van der Waals surface area contributed by atoms with Gasteiger partial charge in [-0.05, 0) is 17.7 Å². The molecule has 2 N–H and O–H groups in total. The minimum Gasteiger partial charge on any atom is -0.399 e. The molecule has 1 aromatic rings. The molecule has 0 saturated carbocycles. The fourth-order valence-electron chi connectivity index (χ4n) is 2.34. The number of ether oxygens (including phenoxy) is 1. The number of benzene rings is 1. The smallest absolute Gasteiger partial charge is 0.0594 e. The van der Waals surface area contributed by atoms with Crippen LogP contribution in [0, 0.1) is 0 Å². The first kappa shape index (κ1) is 12.4. The number of nitrogens with two attached hydrogens (primary N) is 1. The molecule has 17 heavy (non-hydrogen) atoms. The summed E-state index contributed by atoms with van der Waals surface area (Å²) in [6.07, 6.45) is 0. The monoisotopic (exact) mass is 234 g/mol. The molecule has 0 bridgehead atoms. The van der Waals surface area contributed by atoms with Crippen LogP contribution in [0.5, 0.6) is 0 Å². The second kappa shape index (κ2) is 5.07. The first-order valence-corrected chi connectivity index (χ1v) is 6.24. The van der Waals surface area contributed by atoms with E-state index in [1.807, 2.05) is 12.1 Å². The Balaban J connectivity index is 2.04. The van der Waals surface area contributed by atoms with Crippen LogP contribution in [0.25, 0.3) is 0 Å². The van der Waals surface area contributed by atoms with Crippen LogP contribution in [-0.2, 0) is 10.2 Å². The van der Waals surface area contributed by atoms with Gasteiger partial charge in [0.1, 0.15) is 0 Å². The fraction of sp³-hybridized carbons (Fsp3) is 0.571. The zero-order valence-corrected chi connectivity index (χ0v) is 10.8. The molecule has 94 valence electrons. The highest BCUT2D eigenvalue weighted by atomic mass is 16.5. The molecule has 0 unspecified atom stereocenters. The standard InChI is InChI=1S/C14H22N2O/c1-14(2,11-16-7-9-17-10-8-16)12-3-5-13(15)6-4-12/h3-6H,7-11,15H2,1-2H3. The Morgan fingerprint density at radius 2 is 1.76 bits per heavy atom. The number of nitrogens with zero attached hydrogens (tertiary/aromatic N) is 1. The first-order valence-electron chi connectivity index (χ1n) is 6.24. The van der Waals surface area contributed by atoms with Crippen molar-refractivity contribution in [3.8, 4) is 0 Å². The third-order valence-corrected chi connectivity index (χ3v) is 3.41. The van der Waals surface area contributed by atoms with Crippen LogP contribution in [0.4, 0.5) is 5.69 Å². The summed E-state index contributed by atoms with van der Waals surface area (Å²) in [6.45, 7) is 9.44. The molecule has 0 spiro atoms. The van der Waals surface area contributed by atoms with Crippen LogP contribution in [0.1, 0.15) is 19.4 Å². The Bertz CT molecular complexity index is 353. The second-order valence-electron chi connectivity index (χ2n) is 5.39. The number of morpholine rings is 1. The van der Waals surface area contributed by atoms with Crippen molar-refractivity contribution in [2.45, 2.75) is 19.3 Å². The van der Waals surface area contributed by atoms with Gasteiger partial charge in [0, 0.05) is 30.7 Å². The van der Waals surface area contributed by atoms with Crippen LogP contribution in [-0.4, -0.2) is 37.7 Å². The summed E-state index contributed by atoms with van der Waals surface area (Å²) in [6, 6.07) is 8.23. The van der Waals surface area contributed by atoms with Crippen molar-refractivity contribution in [3.63, 3.8) is 0 Å². The Morgan fingerprint density at radius 1 is 1.18 bits per heavy atom. The van der Waals surface area contributed by atoms with Crippen molar-refractivity contribution in [3.05, 3.63) is 29.8 Å². The predicted molar refractivity (Wildman–Crippen MR) is 71.1 cm³/mol. The maximum atomic E-state index is 5.73. The van der Waals surface area contributed by atoms with Gasteiger partial charge in [0.2, 0.25) is 0 Å². The van der Waals surface area contributed by atoms with Gasteiger partial charge in [-0.1, -0.05) is 26.0 Å². The summed E-state index contributed by atoms with van der Waals surface area (Å²) in [7, 11) is 0. The lowest BCUT2D eigenvalue weighted by Crippen LogP contribution is -2.43. The minimum atomic E-state index is 0.158. The molecule has 2 rings (SSSR count). The summed E-state index contributed by atoms with van der Waals surface area (Å²) < 4.78 is 5.38. The lowest BCUT2D eigenvalue weighted by atomic mass is 9.84. The molecule has 0 amide bonds. The van der Waals surface area contributed by atoms with E-state index in [9.17, 15) is 0 Å². The van der Waals surface area contributed by atoms with Crippen molar-refractivity contribution >= 4 is 5.69 Å². The van der Waals surface area contributed by atoms with Gasteiger partial charge in [-0.2, -0.15) is 0 Å². The molecule has 1 aromatic carbocycles. The van der Waals surface area contributed by atoms with Crippen LogP contribution < -0.4 is 5.73 Å². The lowest BCUT2D eigenvalue weighted by molar-refractivity contribution is 0.0295. The van der Waals surface area contributed by atoms with E-state index in [0.717, 1.165) is 38.5 Å². The van der Waals surface area contributed by atoms with Crippen LogP contribution in [0.15, 0.2) is 24.3 Å². The molecule has 0 radical (unpaired) electrons. The maximum Gasteiger partial charge on any atom is 0.0594 e. The quantitative estimate of drug-likeness (QED) is 0.812. The normalized spacial score (nSPS) is 18.2. The molecule has 0 aromatic heterocycles. The van der Waals surface area contributed by atoms with Crippen molar-refractivity contribution < 1.29 is 4.74 Å². The lowest BCUT2D eigenvalue weighted by Gasteiger charge is -2.35. The van der Waals surface area contributed by atoms with E-state index in [1.54, 1.807) is 0 Å². The molecule has 3 nitrogen and oxygen atoms in total. The zero-order valence-electron chi connectivity index (χ0n) is 10.8. The minimum absolute atomic E-state index is 0.158. The average molecular weight is 234 g/mol. The third kappa shape index (κ3) is 3.20. The Hall–Kier alpha value is -1.06. The molecule has 1 saturated heterocycles. The highest BCUT2D eigenvalue weighted by molar-refractivity contribution is 5.41. The first-order chi connectivity index (χ1) is 8.08. The van der Waals surface area contributed by atoms with E-state index in [-0.39, 0.29) is 5.41 Å². The SMILES string of the molecule is CC(C)(CN1CCOCC1)c1ccc(N)cc1. The van der Waals surface area contributed by atoms with E-state index >= 15 is 0 Å². The largest absolute Gasteiger partial charge is 0.399 e. The molecular weight excluding hydrogens is 212 g/mol. The van der Waals surface area contributed by atoms with E-state index in [0.29, 0.717) is 0 Å². The van der Waals surface area contributed by atoms with Gasteiger partial charge >= 0.3 is 0 Å². The topological polar surface area (TPSA) is 38.5 Å². The van der Waals surface area contributed by atoms with Crippen molar-refractivity contribution in [1.82, 2.24) is 4.90 Å². The summed E-state index contributed by atoms with van der Waals surface area (Å²) in [5.41, 5.74) is 8.06. The fourth-order valence-corrected chi connectivity index (χ4v) is 2.34. The van der Waals surface area contributed by atoms with E-state index < -0.39 is 0 Å². The van der Waals surface area contributed by atoms with Crippen molar-refractivity contribution in [2.24, 2.45) is 0 Å². The molecule has 1 aliphatic heterocycles. The molecule has 1 heterocycles. The number of anilines is 1. The van der Waals surface area contributed by atoms with Crippen LogP contribution in [0.3, 0.4) is 0 Å². The highest BCUT2D eigenvalue weighted by Crippen LogP contribution is 2.25. The highest BCUT2D eigenvalue weighted by Gasteiger charge is 2.24. The third-order valence-electron chi connectivity index (χ3n) is 3.41. The van der Waals surface area contributed by atoms with Crippen molar-refractivity contribution in [1.29, 1.82) is 0 Å². The Labute approximate surface area is 104 Å². The van der Waals surface area contributed by atoms with Gasteiger partial charge in [0.05, 0.1) is 13.2 Å². The molecule has 0 aliphatic carbocycles. The van der Waals surface area contributed by atoms with Crippen LogP contribution in [0.2, 0.25) is 0 Å². The number of hydrogen-bond acceptors (Lipinski definition) is 3. The second-order valence-corrected chi connectivity index (χ2v) is 5.39. The molecule has 0 atom stereocenters. The van der Waals surface area contributed by atoms with Gasteiger partial charge in [-0.3, -0.25) is 4.90 Å². The summed E-state index contributed by atoms with van der Waals surface area (Å²) in [5.74, 6) is 0. The molecule has 3 heteroatoms. The Morgan fingerprint density at radius 3 is 2.35 bits per heavy atom. The zero-order chi connectivity index (χ0) is 12.3. The molecule has 1 aliphatic rings. The van der Waals surface area contributed by atoms with Gasteiger partial charge < -0.3 is 10.5 Å². The summed E-state index contributed by atoms with van der Waals surface area (Å²) in [5, 5.41) is 0. The predicted octanol–water partition coefficient (Wildman–Crippen LogP) is 1.88. The van der Waals surface area contributed by atoms with Gasteiger partial charge in [0.15, 0.2) is 0 Å². The van der Waals surface area contributed by atoms with Crippen LogP contribution >= 0.6 is 0 Å². The van der Waals surface area contributed by atoms with Crippen molar-refractivity contribution in [2.75, 3.05) is 38.6 Å². The van der Waals surface area contributed by atoms with E-state index in [2.05, 4.69) is 30.9 Å². The molecule has 1 fully saturated rings.